The van der Waals surface area contributed by atoms with Crippen LogP contribution in [0.4, 0.5) is 5.69 Å². The van der Waals surface area contributed by atoms with Crippen LogP contribution in [-0.2, 0) is 19.4 Å². The zero-order chi connectivity index (χ0) is 21.9. The van der Waals surface area contributed by atoms with Crippen molar-refractivity contribution in [3.63, 3.8) is 0 Å². The Kier molecular flexibility index (Phi) is 7.60. The summed E-state index contributed by atoms with van der Waals surface area (Å²) in [6.45, 7) is 2.92. The molecule has 5 atom stereocenters. The minimum atomic E-state index is -3.49. The summed E-state index contributed by atoms with van der Waals surface area (Å²) >= 11 is 0. The monoisotopic (exact) mass is 433 g/mol. The number of anilines is 1. The van der Waals surface area contributed by atoms with Gasteiger partial charge in [-0.3, -0.25) is 4.79 Å². The highest BCUT2D eigenvalue weighted by Crippen LogP contribution is 2.26. The summed E-state index contributed by atoms with van der Waals surface area (Å²) in [5.74, 6) is -0.948. The smallest absolute Gasteiger partial charge is 0.242 e. The van der Waals surface area contributed by atoms with Gasteiger partial charge in [0, 0.05) is 18.0 Å². The second-order valence-corrected chi connectivity index (χ2v) is 9.38. The van der Waals surface area contributed by atoms with Crippen molar-refractivity contribution in [3.8, 4) is 5.75 Å². The highest BCUT2D eigenvalue weighted by Gasteiger charge is 2.44. The summed E-state index contributed by atoms with van der Waals surface area (Å²) in [4.78, 5) is 13.7. The molecule has 0 radical (unpaired) electrons. The number of sulfone groups is 1. The van der Waals surface area contributed by atoms with Crippen molar-refractivity contribution in [2.45, 2.75) is 50.6 Å². The number of hydrogen-bond acceptors (Lipinski definition) is 9. The van der Waals surface area contributed by atoms with Crippen molar-refractivity contribution >= 4 is 21.4 Å². The topological polar surface area (TPSA) is 154 Å². The summed E-state index contributed by atoms with van der Waals surface area (Å²) in [5, 5.41) is 38.9. The summed E-state index contributed by atoms with van der Waals surface area (Å²) in [5.41, 5.74) is 0.454. The number of carbonyl (C=O) groups excluding carboxylic acids is 1. The molecule has 1 aromatic rings. The van der Waals surface area contributed by atoms with E-state index < -0.39 is 58.8 Å². The van der Waals surface area contributed by atoms with Crippen LogP contribution in [0.5, 0.6) is 5.75 Å². The maximum atomic E-state index is 12.4. The Morgan fingerprint density at radius 1 is 1.14 bits per heavy atom. The third-order valence-corrected chi connectivity index (χ3v) is 5.16. The van der Waals surface area contributed by atoms with Crippen LogP contribution < -0.4 is 9.64 Å². The van der Waals surface area contributed by atoms with Crippen LogP contribution in [0.25, 0.3) is 0 Å². The first kappa shape index (κ1) is 23.5. The number of benzene rings is 1. The predicted octanol–water partition coefficient (Wildman–Crippen LogP) is -1.35. The van der Waals surface area contributed by atoms with Gasteiger partial charge in [0.2, 0.25) is 12.2 Å². The first-order valence-corrected chi connectivity index (χ1v) is 11.1. The quantitative estimate of drug-likeness (QED) is 0.409. The lowest BCUT2D eigenvalue weighted by molar-refractivity contribution is -0.277. The standard InChI is InChI=1S/C18H27NO9S/c1-10(2)19(14(21)9-29(3,25)26)11-4-6-12(7-5-11)27-18-17(24)16(23)15(22)13(8-20)28-18/h4-7,10,13,15-18,20,22-24H,8-9H2,1-3H3/t13-,15-,16+,17-,18-/m1/s1. The van der Waals surface area contributed by atoms with Gasteiger partial charge in [-0.15, -0.1) is 0 Å². The van der Waals surface area contributed by atoms with Crippen LogP contribution in [0.3, 0.4) is 0 Å². The number of ether oxygens (including phenoxy) is 2. The molecular formula is C18H27NO9S. The Morgan fingerprint density at radius 2 is 1.72 bits per heavy atom. The predicted molar refractivity (Wildman–Crippen MR) is 103 cm³/mol. The molecule has 0 spiro atoms. The van der Waals surface area contributed by atoms with Crippen molar-refractivity contribution in [2.75, 3.05) is 23.5 Å². The Labute approximate surface area is 169 Å². The minimum absolute atomic E-state index is 0.234. The van der Waals surface area contributed by atoms with E-state index >= 15 is 0 Å². The lowest BCUT2D eigenvalue weighted by Gasteiger charge is -2.39. The molecule has 4 N–H and O–H groups in total. The van der Waals surface area contributed by atoms with Crippen LogP contribution in [-0.4, -0.2) is 90.1 Å². The summed E-state index contributed by atoms with van der Waals surface area (Å²) < 4.78 is 33.7. The van der Waals surface area contributed by atoms with Gasteiger partial charge in [0.25, 0.3) is 0 Å². The highest BCUT2D eigenvalue weighted by molar-refractivity contribution is 7.91. The lowest BCUT2D eigenvalue weighted by Crippen LogP contribution is -2.60. The first-order valence-electron chi connectivity index (χ1n) is 9.01. The molecule has 0 saturated carbocycles. The Balaban J connectivity index is 2.15. The van der Waals surface area contributed by atoms with Crippen LogP contribution in [0.2, 0.25) is 0 Å². The number of hydrogen-bond donors (Lipinski definition) is 4. The van der Waals surface area contributed by atoms with Gasteiger partial charge in [-0.2, -0.15) is 0 Å². The van der Waals surface area contributed by atoms with Crippen molar-refractivity contribution < 1.29 is 43.1 Å². The molecule has 164 valence electrons. The molecule has 0 unspecified atom stereocenters. The van der Waals surface area contributed by atoms with E-state index in [2.05, 4.69) is 0 Å². The molecular weight excluding hydrogens is 406 g/mol. The summed E-state index contributed by atoms with van der Waals surface area (Å²) in [6.07, 6.45) is -6.03. The van der Waals surface area contributed by atoms with Crippen molar-refractivity contribution in [1.29, 1.82) is 0 Å². The van der Waals surface area contributed by atoms with Gasteiger partial charge in [-0.1, -0.05) is 0 Å². The van der Waals surface area contributed by atoms with E-state index in [0.29, 0.717) is 5.69 Å². The largest absolute Gasteiger partial charge is 0.462 e. The van der Waals surface area contributed by atoms with Gasteiger partial charge in [0.15, 0.2) is 9.84 Å². The normalized spacial score (nSPS) is 27.7. The summed E-state index contributed by atoms with van der Waals surface area (Å²) in [6, 6.07) is 5.76. The molecule has 1 aliphatic heterocycles. The van der Waals surface area contributed by atoms with Gasteiger partial charge in [0.1, 0.15) is 35.9 Å². The average molecular weight is 433 g/mol. The van der Waals surface area contributed by atoms with Crippen LogP contribution in [0.15, 0.2) is 24.3 Å². The van der Waals surface area contributed by atoms with Gasteiger partial charge in [0.05, 0.1) is 6.61 Å². The Bertz CT molecular complexity index is 794. The van der Waals surface area contributed by atoms with Crippen molar-refractivity contribution in [3.05, 3.63) is 24.3 Å². The number of nitrogens with zero attached hydrogens (tertiary/aromatic N) is 1. The van der Waals surface area contributed by atoms with Crippen LogP contribution >= 0.6 is 0 Å². The highest BCUT2D eigenvalue weighted by atomic mass is 32.2. The van der Waals surface area contributed by atoms with E-state index in [1.54, 1.807) is 26.0 Å². The molecule has 0 aliphatic carbocycles. The van der Waals surface area contributed by atoms with E-state index in [1.807, 2.05) is 0 Å². The number of aliphatic hydroxyl groups excluding tert-OH is 4. The van der Waals surface area contributed by atoms with E-state index in [4.69, 9.17) is 9.47 Å². The molecule has 1 amide bonds. The molecule has 1 fully saturated rings. The fraction of sp³-hybridized carbons (Fsp3) is 0.611. The second kappa shape index (κ2) is 9.37. The van der Waals surface area contributed by atoms with E-state index in [1.165, 1.54) is 17.0 Å². The third kappa shape index (κ3) is 5.87. The number of rotatable bonds is 7. The molecule has 2 rings (SSSR count). The zero-order valence-corrected chi connectivity index (χ0v) is 17.2. The fourth-order valence-corrected chi connectivity index (χ4v) is 3.60. The fourth-order valence-electron chi connectivity index (χ4n) is 3.01. The lowest BCUT2D eigenvalue weighted by atomic mass is 9.99. The SMILES string of the molecule is CC(C)N(C(=O)CS(C)(=O)=O)c1ccc(O[C@@H]2O[C@H](CO)[C@@H](O)[C@H](O)[C@H]2O)cc1. The van der Waals surface area contributed by atoms with Crippen molar-refractivity contribution in [2.24, 2.45) is 0 Å². The number of aliphatic hydroxyl groups is 4. The Hall–Kier alpha value is -1.76. The molecule has 1 aliphatic rings. The zero-order valence-electron chi connectivity index (χ0n) is 16.4. The molecule has 1 saturated heterocycles. The van der Waals surface area contributed by atoms with Gasteiger partial charge < -0.3 is 34.8 Å². The number of amides is 1. The molecule has 29 heavy (non-hydrogen) atoms. The minimum Gasteiger partial charge on any atom is -0.462 e. The molecule has 10 nitrogen and oxygen atoms in total. The molecule has 0 bridgehead atoms. The van der Waals surface area contributed by atoms with Gasteiger partial charge >= 0.3 is 0 Å². The van der Waals surface area contributed by atoms with E-state index in [0.717, 1.165) is 6.26 Å². The van der Waals surface area contributed by atoms with Crippen molar-refractivity contribution in [1.82, 2.24) is 0 Å². The maximum Gasteiger partial charge on any atom is 0.242 e. The molecule has 11 heteroatoms. The van der Waals surface area contributed by atoms with E-state index in [-0.39, 0.29) is 11.8 Å². The average Bonchev–Trinajstić information content (AvgIpc) is 2.62. The number of carbonyl (C=O) groups is 1. The molecule has 1 heterocycles. The van der Waals surface area contributed by atoms with Crippen LogP contribution in [0, 0.1) is 0 Å². The third-order valence-electron chi connectivity index (χ3n) is 4.39. The Morgan fingerprint density at radius 3 is 2.21 bits per heavy atom. The van der Waals surface area contributed by atoms with Gasteiger partial charge in [-0.05, 0) is 38.1 Å². The maximum absolute atomic E-state index is 12.4. The van der Waals surface area contributed by atoms with Gasteiger partial charge in [-0.25, -0.2) is 8.42 Å². The summed E-state index contributed by atoms with van der Waals surface area (Å²) in [7, 11) is -3.49. The second-order valence-electron chi connectivity index (χ2n) is 7.24. The molecule has 0 aromatic heterocycles. The first-order chi connectivity index (χ1) is 13.4. The van der Waals surface area contributed by atoms with Crippen LogP contribution in [0.1, 0.15) is 13.8 Å². The van der Waals surface area contributed by atoms with E-state index in [9.17, 15) is 33.6 Å². The molecule has 1 aromatic carbocycles.